The van der Waals surface area contributed by atoms with Crippen molar-refractivity contribution in [3.05, 3.63) is 24.3 Å². The van der Waals surface area contributed by atoms with Crippen molar-refractivity contribution in [1.29, 1.82) is 0 Å². The second-order valence-electron chi connectivity index (χ2n) is 3.66. The van der Waals surface area contributed by atoms with Crippen molar-refractivity contribution in [2.24, 2.45) is 5.92 Å². The minimum Gasteiger partial charge on any atom is -0.489 e. The summed E-state index contributed by atoms with van der Waals surface area (Å²) in [5, 5.41) is 9.51. The second kappa shape index (κ2) is 4.86. The third kappa shape index (κ3) is 2.92. The largest absolute Gasteiger partial charge is 0.489 e. The molecule has 3 N–H and O–H groups in total. The molecule has 0 aliphatic rings. The molecule has 0 saturated heterocycles. The molecule has 3 heteroatoms. The minimum atomic E-state index is -0.449. The van der Waals surface area contributed by atoms with E-state index in [2.05, 4.69) is 0 Å². The average Bonchev–Trinajstić information content (AvgIpc) is 2.16. The highest BCUT2D eigenvalue weighted by Crippen LogP contribution is 2.20. The maximum absolute atomic E-state index is 9.51. The van der Waals surface area contributed by atoms with E-state index in [-0.39, 0.29) is 12.5 Å². The maximum atomic E-state index is 9.51. The zero-order valence-corrected chi connectivity index (χ0v) is 8.60. The first kappa shape index (κ1) is 10.9. The molecule has 3 nitrogen and oxygen atoms in total. The van der Waals surface area contributed by atoms with Gasteiger partial charge in [-0.3, -0.25) is 0 Å². The monoisotopic (exact) mass is 195 g/mol. The van der Waals surface area contributed by atoms with E-state index in [4.69, 9.17) is 10.5 Å². The topological polar surface area (TPSA) is 55.5 Å². The van der Waals surface area contributed by atoms with Crippen LogP contribution in [0.15, 0.2) is 24.3 Å². The van der Waals surface area contributed by atoms with Crippen molar-refractivity contribution >= 4 is 5.69 Å². The first-order chi connectivity index (χ1) is 6.61. The molecule has 1 atom stereocenters. The van der Waals surface area contributed by atoms with E-state index in [1.54, 1.807) is 12.1 Å². The summed E-state index contributed by atoms with van der Waals surface area (Å²) in [5.41, 5.74) is 6.28. The molecule has 0 saturated carbocycles. The van der Waals surface area contributed by atoms with Gasteiger partial charge in [-0.2, -0.15) is 0 Å². The number of nitrogens with two attached hydrogens (primary N) is 1. The van der Waals surface area contributed by atoms with E-state index in [0.29, 0.717) is 11.4 Å². The highest BCUT2D eigenvalue weighted by atomic mass is 16.5. The van der Waals surface area contributed by atoms with Crippen molar-refractivity contribution in [2.75, 3.05) is 12.3 Å². The summed E-state index contributed by atoms with van der Waals surface area (Å²) < 4.78 is 5.38. The molecular weight excluding hydrogens is 178 g/mol. The van der Waals surface area contributed by atoms with Gasteiger partial charge in [0.05, 0.1) is 11.8 Å². The second-order valence-corrected chi connectivity index (χ2v) is 3.66. The van der Waals surface area contributed by atoms with Crippen LogP contribution in [0.2, 0.25) is 0 Å². The van der Waals surface area contributed by atoms with Gasteiger partial charge in [0.25, 0.3) is 0 Å². The Kier molecular flexibility index (Phi) is 3.77. The van der Waals surface area contributed by atoms with E-state index < -0.39 is 6.10 Å². The number of nitrogen functional groups attached to an aromatic ring is 1. The summed E-state index contributed by atoms with van der Waals surface area (Å²) in [6.07, 6.45) is -0.449. The molecule has 1 aromatic carbocycles. The highest BCUT2D eigenvalue weighted by molar-refractivity contribution is 5.51. The lowest BCUT2D eigenvalue weighted by atomic mass is 10.1. The molecule has 0 radical (unpaired) electrons. The molecule has 0 aliphatic heterocycles. The van der Waals surface area contributed by atoms with Crippen LogP contribution >= 0.6 is 0 Å². The van der Waals surface area contributed by atoms with Gasteiger partial charge in [-0.25, -0.2) is 0 Å². The van der Waals surface area contributed by atoms with Crippen LogP contribution in [0, 0.1) is 5.92 Å². The van der Waals surface area contributed by atoms with Gasteiger partial charge in [0.1, 0.15) is 12.4 Å². The van der Waals surface area contributed by atoms with Crippen molar-refractivity contribution in [3.63, 3.8) is 0 Å². The normalized spacial score (nSPS) is 12.9. The zero-order valence-electron chi connectivity index (χ0n) is 8.60. The van der Waals surface area contributed by atoms with E-state index in [9.17, 15) is 5.11 Å². The van der Waals surface area contributed by atoms with Gasteiger partial charge in [-0.15, -0.1) is 0 Å². The standard InChI is InChI=1S/C11H17NO2/c1-8(2)10(13)7-14-11-6-4-3-5-9(11)12/h3-6,8,10,13H,7,12H2,1-2H3/t10-/m1/s1. The molecule has 0 heterocycles. The van der Waals surface area contributed by atoms with Gasteiger partial charge in [0.2, 0.25) is 0 Å². The summed E-state index contributed by atoms with van der Waals surface area (Å²) in [6.45, 7) is 4.18. The van der Waals surface area contributed by atoms with Crippen LogP contribution in [-0.2, 0) is 0 Å². The van der Waals surface area contributed by atoms with Crippen molar-refractivity contribution in [2.45, 2.75) is 20.0 Å². The molecule has 1 rings (SSSR count). The SMILES string of the molecule is CC(C)[C@H](O)COc1ccccc1N. The van der Waals surface area contributed by atoms with Crippen molar-refractivity contribution < 1.29 is 9.84 Å². The first-order valence-corrected chi connectivity index (χ1v) is 4.76. The summed E-state index contributed by atoms with van der Waals surface area (Å²) in [6, 6.07) is 7.27. The predicted molar refractivity (Wildman–Crippen MR) is 57.2 cm³/mol. The van der Waals surface area contributed by atoms with Crippen LogP contribution in [0.5, 0.6) is 5.75 Å². The van der Waals surface area contributed by atoms with Crippen molar-refractivity contribution in [3.8, 4) is 5.75 Å². The summed E-state index contributed by atoms with van der Waals surface area (Å²) in [7, 11) is 0. The Morgan fingerprint density at radius 2 is 2.00 bits per heavy atom. The Labute approximate surface area is 84.5 Å². The van der Waals surface area contributed by atoms with E-state index in [0.717, 1.165) is 0 Å². The number of aliphatic hydroxyl groups is 1. The molecule has 1 aromatic rings. The minimum absolute atomic E-state index is 0.194. The maximum Gasteiger partial charge on any atom is 0.142 e. The lowest BCUT2D eigenvalue weighted by Crippen LogP contribution is -2.23. The van der Waals surface area contributed by atoms with Crippen LogP contribution in [0.3, 0.4) is 0 Å². The number of benzene rings is 1. The molecule has 0 amide bonds. The number of para-hydroxylation sites is 2. The number of hydrogen-bond acceptors (Lipinski definition) is 3. The Hall–Kier alpha value is -1.22. The van der Waals surface area contributed by atoms with Crippen molar-refractivity contribution in [1.82, 2.24) is 0 Å². The van der Waals surface area contributed by atoms with E-state index >= 15 is 0 Å². The van der Waals surface area contributed by atoms with Gasteiger partial charge < -0.3 is 15.6 Å². The number of rotatable bonds is 4. The lowest BCUT2D eigenvalue weighted by Gasteiger charge is -2.16. The molecule has 0 bridgehead atoms. The lowest BCUT2D eigenvalue weighted by molar-refractivity contribution is 0.0704. The van der Waals surface area contributed by atoms with E-state index in [1.807, 2.05) is 26.0 Å². The Balaban J connectivity index is 2.50. The van der Waals surface area contributed by atoms with Crippen LogP contribution in [-0.4, -0.2) is 17.8 Å². The number of hydrogen-bond donors (Lipinski definition) is 2. The molecule has 0 spiro atoms. The van der Waals surface area contributed by atoms with Crippen LogP contribution in [0.1, 0.15) is 13.8 Å². The Morgan fingerprint density at radius 3 is 2.57 bits per heavy atom. The molecular formula is C11H17NO2. The third-order valence-corrected chi connectivity index (χ3v) is 2.10. The third-order valence-electron chi connectivity index (χ3n) is 2.10. The van der Waals surface area contributed by atoms with Gasteiger partial charge >= 0.3 is 0 Å². The molecule has 0 aliphatic carbocycles. The fourth-order valence-electron chi connectivity index (χ4n) is 0.980. The summed E-state index contributed by atoms with van der Waals surface area (Å²) in [5.74, 6) is 0.826. The molecule has 14 heavy (non-hydrogen) atoms. The molecule has 0 fully saturated rings. The number of anilines is 1. The Morgan fingerprint density at radius 1 is 1.36 bits per heavy atom. The highest BCUT2D eigenvalue weighted by Gasteiger charge is 2.10. The fourth-order valence-corrected chi connectivity index (χ4v) is 0.980. The van der Waals surface area contributed by atoms with Crippen LogP contribution in [0.4, 0.5) is 5.69 Å². The molecule has 0 unspecified atom stereocenters. The van der Waals surface area contributed by atoms with Crippen LogP contribution < -0.4 is 10.5 Å². The van der Waals surface area contributed by atoms with Gasteiger partial charge in [0, 0.05) is 0 Å². The number of aliphatic hydroxyl groups excluding tert-OH is 1. The van der Waals surface area contributed by atoms with Crippen LogP contribution in [0.25, 0.3) is 0 Å². The Bertz CT molecular complexity index is 286. The molecule has 0 aromatic heterocycles. The fraction of sp³-hybridized carbons (Fsp3) is 0.455. The summed E-state index contributed by atoms with van der Waals surface area (Å²) in [4.78, 5) is 0. The zero-order chi connectivity index (χ0) is 10.6. The smallest absolute Gasteiger partial charge is 0.142 e. The molecule has 78 valence electrons. The summed E-state index contributed by atoms with van der Waals surface area (Å²) >= 11 is 0. The van der Waals surface area contributed by atoms with Gasteiger partial charge in [-0.1, -0.05) is 26.0 Å². The van der Waals surface area contributed by atoms with Gasteiger partial charge in [-0.05, 0) is 18.1 Å². The van der Waals surface area contributed by atoms with Gasteiger partial charge in [0.15, 0.2) is 0 Å². The quantitative estimate of drug-likeness (QED) is 0.718. The first-order valence-electron chi connectivity index (χ1n) is 4.76. The van der Waals surface area contributed by atoms with E-state index in [1.165, 1.54) is 0 Å². The average molecular weight is 195 g/mol. The number of ether oxygens (including phenoxy) is 1. The predicted octanol–water partition coefficient (Wildman–Crippen LogP) is 1.66.